The minimum atomic E-state index is -4.84. The summed E-state index contributed by atoms with van der Waals surface area (Å²) in [6.07, 6.45) is -3.26. The standard InChI is InChI=1S/C18H12F3N3O3S/c19-18(20,21)13-9-11(24(26)27)5-6-15(13)23-17(25)10-28-16-7-8-22-14-4-2-1-3-12(14)16/h1-9H,10H2,(H,23,25). The number of para-hydroxylation sites is 1. The fourth-order valence-electron chi connectivity index (χ4n) is 2.51. The van der Waals surface area contributed by atoms with E-state index in [-0.39, 0.29) is 5.75 Å². The SMILES string of the molecule is O=C(CSc1ccnc2ccccc12)Nc1ccc([N+](=O)[O-])cc1C(F)(F)F. The number of carbonyl (C=O) groups excluding carboxylic acids is 1. The van der Waals surface area contributed by atoms with Gasteiger partial charge in [0.25, 0.3) is 5.69 Å². The van der Waals surface area contributed by atoms with E-state index in [9.17, 15) is 28.1 Å². The summed E-state index contributed by atoms with van der Waals surface area (Å²) >= 11 is 1.16. The molecule has 1 amide bonds. The molecule has 0 radical (unpaired) electrons. The highest BCUT2D eigenvalue weighted by Gasteiger charge is 2.35. The molecule has 1 aromatic heterocycles. The number of rotatable bonds is 5. The van der Waals surface area contributed by atoms with Gasteiger partial charge in [0.1, 0.15) is 0 Å². The van der Waals surface area contributed by atoms with E-state index in [0.717, 1.165) is 39.7 Å². The highest BCUT2D eigenvalue weighted by molar-refractivity contribution is 8.00. The van der Waals surface area contributed by atoms with E-state index >= 15 is 0 Å². The molecule has 0 aliphatic rings. The van der Waals surface area contributed by atoms with Gasteiger partial charge in [-0.3, -0.25) is 19.9 Å². The van der Waals surface area contributed by atoms with Crippen molar-refractivity contribution in [1.29, 1.82) is 0 Å². The fourth-order valence-corrected chi connectivity index (χ4v) is 3.36. The quantitative estimate of drug-likeness (QED) is 0.370. The third kappa shape index (κ3) is 4.39. The molecule has 0 atom stereocenters. The molecule has 2 aromatic carbocycles. The van der Waals surface area contributed by atoms with E-state index in [4.69, 9.17) is 0 Å². The number of carbonyl (C=O) groups is 1. The number of non-ortho nitro benzene ring substituents is 1. The summed E-state index contributed by atoms with van der Waals surface area (Å²) in [5.74, 6) is -0.798. The zero-order valence-electron chi connectivity index (χ0n) is 14.1. The number of hydrogen-bond acceptors (Lipinski definition) is 5. The van der Waals surface area contributed by atoms with Crippen molar-refractivity contribution in [3.05, 3.63) is 70.4 Å². The van der Waals surface area contributed by atoms with Gasteiger partial charge in [-0.2, -0.15) is 13.2 Å². The molecule has 0 saturated heterocycles. The van der Waals surface area contributed by atoms with Crippen molar-refractivity contribution in [3.8, 4) is 0 Å². The number of pyridine rings is 1. The predicted molar refractivity (Wildman–Crippen MR) is 99.2 cm³/mol. The van der Waals surface area contributed by atoms with Crippen LogP contribution < -0.4 is 5.32 Å². The average molecular weight is 407 g/mol. The lowest BCUT2D eigenvalue weighted by Gasteiger charge is -2.13. The summed E-state index contributed by atoms with van der Waals surface area (Å²) in [5, 5.41) is 13.7. The van der Waals surface area contributed by atoms with Crippen LogP contribution in [0, 0.1) is 10.1 Å². The third-order valence-corrected chi connectivity index (χ3v) is 4.83. The first-order valence-corrected chi connectivity index (χ1v) is 8.86. The van der Waals surface area contributed by atoms with Gasteiger partial charge in [-0.1, -0.05) is 18.2 Å². The van der Waals surface area contributed by atoms with Crippen molar-refractivity contribution < 1.29 is 22.9 Å². The first kappa shape index (κ1) is 19.6. The molecule has 0 unspecified atom stereocenters. The van der Waals surface area contributed by atoms with Crippen molar-refractivity contribution >= 4 is 39.9 Å². The smallest absolute Gasteiger partial charge is 0.325 e. The highest BCUT2D eigenvalue weighted by Crippen LogP contribution is 2.37. The Morgan fingerprint density at radius 1 is 1.18 bits per heavy atom. The Labute approximate surface area is 160 Å². The second-order valence-electron chi connectivity index (χ2n) is 5.65. The monoisotopic (exact) mass is 407 g/mol. The van der Waals surface area contributed by atoms with Crippen LogP contribution in [-0.4, -0.2) is 21.6 Å². The Morgan fingerprint density at radius 3 is 2.64 bits per heavy atom. The predicted octanol–water partition coefficient (Wildman–Crippen LogP) is 4.89. The molecule has 1 N–H and O–H groups in total. The van der Waals surface area contributed by atoms with Crippen molar-refractivity contribution in [2.24, 2.45) is 0 Å². The van der Waals surface area contributed by atoms with Crippen LogP contribution in [0.2, 0.25) is 0 Å². The molecule has 0 saturated carbocycles. The minimum Gasteiger partial charge on any atom is -0.325 e. The number of amides is 1. The lowest BCUT2D eigenvalue weighted by atomic mass is 10.1. The number of nitro groups is 1. The van der Waals surface area contributed by atoms with Crippen LogP contribution in [-0.2, 0) is 11.0 Å². The number of anilines is 1. The zero-order valence-corrected chi connectivity index (χ0v) is 14.9. The Bertz CT molecular complexity index is 1050. The van der Waals surface area contributed by atoms with Crippen LogP contribution in [0.5, 0.6) is 0 Å². The topological polar surface area (TPSA) is 85.1 Å². The number of nitrogens with one attached hydrogen (secondary N) is 1. The van der Waals surface area contributed by atoms with Crippen molar-refractivity contribution in [3.63, 3.8) is 0 Å². The van der Waals surface area contributed by atoms with Crippen LogP contribution >= 0.6 is 11.8 Å². The van der Waals surface area contributed by atoms with E-state index in [1.165, 1.54) is 0 Å². The molecule has 28 heavy (non-hydrogen) atoms. The van der Waals surface area contributed by atoms with Crippen LogP contribution in [0.4, 0.5) is 24.5 Å². The Kier molecular flexibility index (Phi) is 5.50. The Hall–Kier alpha value is -3.14. The lowest BCUT2D eigenvalue weighted by molar-refractivity contribution is -0.385. The maximum atomic E-state index is 13.2. The van der Waals surface area contributed by atoms with Gasteiger partial charge in [-0.15, -0.1) is 11.8 Å². The average Bonchev–Trinajstić information content (AvgIpc) is 2.65. The van der Waals surface area contributed by atoms with E-state index < -0.39 is 33.9 Å². The molecule has 10 heteroatoms. The summed E-state index contributed by atoms with van der Waals surface area (Å²) < 4.78 is 39.5. The number of aromatic nitrogens is 1. The number of benzene rings is 2. The molecule has 0 bridgehead atoms. The van der Waals surface area contributed by atoms with Crippen molar-refractivity contribution in [2.45, 2.75) is 11.1 Å². The molecule has 6 nitrogen and oxygen atoms in total. The van der Waals surface area contributed by atoms with Gasteiger partial charge in [-0.05, 0) is 18.2 Å². The maximum absolute atomic E-state index is 13.2. The molecule has 0 fully saturated rings. The van der Waals surface area contributed by atoms with Gasteiger partial charge in [0.15, 0.2) is 0 Å². The van der Waals surface area contributed by atoms with Crippen LogP contribution in [0.25, 0.3) is 10.9 Å². The minimum absolute atomic E-state index is 0.137. The molecule has 0 spiro atoms. The van der Waals surface area contributed by atoms with Gasteiger partial charge in [0, 0.05) is 28.6 Å². The molecule has 1 heterocycles. The van der Waals surface area contributed by atoms with Crippen LogP contribution in [0.15, 0.2) is 59.6 Å². The van der Waals surface area contributed by atoms with Gasteiger partial charge < -0.3 is 5.32 Å². The van der Waals surface area contributed by atoms with Gasteiger partial charge in [-0.25, -0.2) is 0 Å². The summed E-state index contributed by atoms with van der Waals surface area (Å²) in [4.78, 5) is 26.9. The van der Waals surface area contributed by atoms with Gasteiger partial charge in [0.05, 0.1) is 27.4 Å². The molecule has 3 aromatic rings. The van der Waals surface area contributed by atoms with Crippen LogP contribution in [0.1, 0.15) is 5.56 Å². The fraction of sp³-hybridized carbons (Fsp3) is 0.111. The molecule has 0 aliphatic heterocycles. The first-order chi connectivity index (χ1) is 13.3. The third-order valence-electron chi connectivity index (χ3n) is 3.76. The molecule has 144 valence electrons. The number of nitro benzene ring substituents is 1. The normalized spacial score (nSPS) is 11.4. The van der Waals surface area contributed by atoms with E-state index in [1.807, 2.05) is 24.3 Å². The number of halogens is 3. The summed E-state index contributed by atoms with van der Waals surface area (Å²) in [7, 11) is 0. The Morgan fingerprint density at radius 2 is 1.93 bits per heavy atom. The molecular weight excluding hydrogens is 395 g/mol. The maximum Gasteiger partial charge on any atom is 0.418 e. The number of fused-ring (bicyclic) bond motifs is 1. The molecule has 3 rings (SSSR count). The second-order valence-corrected chi connectivity index (χ2v) is 6.67. The Balaban J connectivity index is 1.77. The van der Waals surface area contributed by atoms with E-state index in [1.54, 1.807) is 12.3 Å². The molecular formula is C18H12F3N3O3S. The van der Waals surface area contributed by atoms with Gasteiger partial charge >= 0.3 is 6.18 Å². The highest BCUT2D eigenvalue weighted by atomic mass is 32.2. The lowest BCUT2D eigenvalue weighted by Crippen LogP contribution is -2.18. The number of nitrogens with zero attached hydrogens (tertiary/aromatic N) is 2. The number of alkyl halides is 3. The van der Waals surface area contributed by atoms with Crippen molar-refractivity contribution in [2.75, 3.05) is 11.1 Å². The largest absolute Gasteiger partial charge is 0.418 e. The number of thioether (sulfide) groups is 1. The zero-order chi connectivity index (χ0) is 20.3. The van der Waals surface area contributed by atoms with Gasteiger partial charge in [0.2, 0.25) is 5.91 Å². The summed E-state index contributed by atoms with van der Waals surface area (Å²) in [6.45, 7) is 0. The van der Waals surface area contributed by atoms with Crippen LogP contribution in [0.3, 0.4) is 0 Å². The summed E-state index contributed by atoms with van der Waals surface area (Å²) in [5.41, 5.74) is -1.76. The second kappa shape index (κ2) is 7.85. The number of hydrogen-bond donors (Lipinski definition) is 1. The van der Waals surface area contributed by atoms with E-state index in [0.29, 0.717) is 6.07 Å². The molecule has 0 aliphatic carbocycles. The first-order valence-electron chi connectivity index (χ1n) is 7.88. The van der Waals surface area contributed by atoms with Crippen molar-refractivity contribution in [1.82, 2.24) is 4.98 Å². The van der Waals surface area contributed by atoms with E-state index in [2.05, 4.69) is 10.3 Å². The summed E-state index contributed by atoms with van der Waals surface area (Å²) in [6, 6.07) is 11.2.